The normalized spacial score (nSPS) is 18.7. The molecule has 0 spiro atoms. The lowest BCUT2D eigenvalue weighted by atomic mass is 10.1. The number of likely N-dealkylation sites (tertiary alicyclic amines) is 1. The largest absolute Gasteiger partial charge is 0.461 e. The maximum absolute atomic E-state index is 13.2. The lowest BCUT2D eigenvalue weighted by Gasteiger charge is -2.40. The van der Waals surface area contributed by atoms with Crippen molar-refractivity contribution in [3.8, 4) is 12.1 Å². The number of anilines is 1. The van der Waals surface area contributed by atoms with E-state index in [2.05, 4.69) is 39.2 Å². The molecule has 1 amide bonds. The summed E-state index contributed by atoms with van der Waals surface area (Å²) in [7, 11) is 2.11. The number of nitrogens with one attached hydrogen (secondary N) is 1. The Kier molecular flexibility index (Phi) is 8.35. The number of carbonyl (C=O) groups excluding carboxylic acids is 1. The van der Waals surface area contributed by atoms with Gasteiger partial charge >= 0.3 is 12.1 Å². The van der Waals surface area contributed by atoms with Crippen LogP contribution >= 0.6 is 0 Å². The summed E-state index contributed by atoms with van der Waals surface area (Å²) in [6.07, 6.45) is 6.17. The van der Waals surface area contributed by atoms with Gasteiger partial charge in [0.15, 0.2) is 11.5 Å². The van der Waals surface area contributed by atoms with Crippen molar-refractivity contribution in [2.75, 3.05) is 44.7 Å². The number of hydrogen-bond donors (Lipinski definition) is 1. The molecular weight excluding hydrogens is 584 g/mol. The number of aromatic amines is 1. The fraction of sp³-hybridized carbons (Fsp3) is 0.394. The number of likely N-dealkylation sites (N-methyl/N-ethyl adjacent to an activating group) is 1. The number of rotatable bonds is 9. The summed E-state index contributed by atoms with van der Waals surface area (Å²) < 4.78 is 13.7. The van der Waals surface area contributed by atoms with Crippen molar-refractivity contribution in [2.24, 2.45) is 0 Å². The van der Waals surface area contributed by atoms with E-state index >= 15 is 0 Å². The molecule has 7 rings (SSSR count). The van der Waals surface area contributed by atoms with Gasteiger partial charge in [-0.2, -0.15) is 15.3 Å². The van der Waals surface area contributed by atoms with E-state index in [0.29, 0.717) is 50.2 Å². The Balaban J connectivity index is 1.17. The highest BCUT2D eigenvalue weighted by Gasteiger charge is 2.34. The third-order valence-corrected chi connectivity index (χ3v) is 8.97. The molecule has 2 aliphatic rings. The molecule has 3 aromatic heterocycles. The number of nitriles is 1. The van der Waals surface area contributed by atoms with E-state index in [1.165, 1.54) is 0 Å². The zero-order chi connectivity index (χ0) is 31.5. The van der Waals surface area contributed by atoms with Crippen LogP contribution in [0.15, 0.2) is 60.9 Å². The number of fused-ring (bicyclic) bond motifs is 2. The number of hydrogen-bond acceptors (Lipinski definition) is 10. The summed E-state index contributed by atoms with van der Waals surface area (Å²) in [5, 5.41) is 22.8. The van der Waals surface area contributed by atoms with Gasteiger partial charge in [-0.05, 0) is 43.6 Å². The lowest BCUT2D eigenvalue weighted by Crippen LogP contribution is -2.55. The van der Waals surface area contributed by atoms with Crippen LogP contribution < -0.4 is 9.64 Å². The second-order valence-corrected chi connectivity index (χ2v) is 11.9. The molecule has 13 heteroatoms. The van der Waals surface area contributed by atoms with E-state index in [1.807, 2.05) is 59.4 Å². The first-order valence-corrected chi connectivity index (χ1v) is 15.6. The van der Waals surface area contributed by atoms with Crippen molar-refractivity contribution < 1.29 is 14.3 Å². The van der Waals surface area contributed by atoms with Crippen molar-refractivity contribution in [1.29, 1.82) is 5.26 Å². The standard InChI is InChI=1S/C33H36N10O3/c1-40-14-6-10-26(40)22-45-32-37-31(30-35-18-27(43(30)39-32)17-24-9-5-11-29-28(24)19-36-38-29)41-15-16-42(25(20-41)12-13-34)33(44)46-21-23-7-3-2-4-8-23/h2-5,7-9,11,18-19,25-26H,6,10,12,14-17,20-22H2,1H3,(H,36,38)/t25-,26-/m0/s1. The van der Waals surface area contributed by atoms with E-state index in [-0.39, 0.29) is 25.1 Å². The van der Waals surface area contributed by atoms with Gasteiger partial charge in [-0.15, -0.1) is 5.10 Å². The summed E-state index contributed by atoms with van der Waals surface area (Å²) in [5.74, 6) is 0.609. The first-order chi connectivity index (χ1) is 22.6. The molecule has 2 fully saturated rings. The fourth-order valence-electron chi connectivity index (χ4n) is 6.40. The smallest absolute Gasteiger partial charge is 0.410 e. The first-order valence-electron chi connectivity index (χ1n) is 15.6. The van der Waals surface area contributed by atoms with Gasteiger partial charge in [0.1, 0.15) is 13.2 Å². The second-order valence-electron chi connectivity index (χ2n) is 11.9. The van der Waals surface area contributed by atoms with Crippen LogP contribution in [0.5, 0.6) is 6.01 Å². The number of piperazine rings is 1. The number of benzene rings is 2. The van der Waals surface area contributed by atoms with Crippen molar-refractivity contribution in [2.45, 2.75) is 44.4 Å². The lowest BCUT2D eigenvalue weighted by molar-refractivity contribution is 0.0768. The van der Waals surface area contributed by atoms with Crippen LogP contribution in [0, 0.1) is 11.3 Å². The molecule has 1 N–H and O–H groups in total. The highest BCUT2D eigenvalue weighted by molar-refractivity contribution is 5.82. The maximum Gasteiger partial charge on any atom is 0.410 e. The Morgan fingerprint density at radius 3 is 2.80 bits per heavy atom. The minimum atomic E-state index is -0.433. The molecule has 0 unspecified atom stereocenters. The van der Waals surface area contributed by atoms with E-state index in [9.17, 15) is 10.1 Å². The molecule has 0 bridgehead atoms. The molecular formula is C33H36N10O3. The third kappa shape index (κ3) is 6.03. The molecule has 236 valence electrons. The van der Waals surface area contributed by atoms with Gasteiger partial charge in [0.2, 0.25) is 0 Å². The van der Waals surface area contributed by atoms with E-state index < -0.39 is 6.09 Å². The van der Waals surface area contributed by atoms with Gasteiger partial charge < -0.3 is 24.2 Å². The summed E-state index contributed by atoms with van der Waals surface area (Å²) >= 11 is 0. The Labute approximate surface area is 266 Å². The molecule has 2 aliphatic heterocycles. The molecule has 5 heterocycles. The zero-order valence-corrected chi connectivity index (χ0v) is 25.7. The van der Waals surface area contributed by atoms with Crippen LogP contribution in [0.2, 0.25) is 0 Å². The van der Waals surface area contributed by atoms with Crippen LogP contribution in [0.25, 0.3) is 16.6 Å². The van der Waals surface area contributed by atoms with Crippen molar-refractivity contribution in [3.05, 3.63) is 77.7 Å². The Morgan fingerprint density at radius 1 is 1.09 bits per heavy atom. The monoisotopic (exact) mass is 620 g/mol. The minimum absolute atomic E-state index is 0.157. The molecule has 5 aromatic rings. The minimum Gasteiger partial charge on any atom is -0.461 e. The topological polar surface area (TPSA) is 141 Å². The predicted molar refractivity (Wildman–Crippen MR) is 170 cm³/mol. The van der Waals surface area contributed by atoms with E-state index in [1.54, 1.807) is 4.90 Å². The zero-order valence-electron chi connectivity index (χ0n) is 25.7. The highest BCUT2D eigenvalue weighted by atomic mass is 16.6. The number of imidazole rings is 1. The average molecular weight is 621 g/mol. The van der Waals surface area contributed by atoms with Crippen LogP contribution in [-0.2, 0) is 17.8 Å². The van der Waals surface area contributed by atoms with Crippen molar-refractivity contribution in [3.63, 3.8) is 0 Å². The number of amides is 1. The molecule has 0 saturated carbocycles. The first kappa shape index (κ1) is 29.5. The molecule has 2 aromatic carbocycles. The number of ether oxygens (including phenoxy) is 2. The van der Waals surface area contributed by atoms with Crippen molar-refractivity contribution in [1.82, 2.24) is 39.6 Å². The third-order valence-electron chi connectivity index (χ3n) is 8.97. The molecule has 2 saturated heterocycles. The van der Waals surface area contributed by atoms with Gasteiger partial charge in [0, 0.05) is 37.5 Å². The Morgan fingerprint density at radius 2 is 1.98 bits per heavy atom. The van der Waals surface area contributed by atoms with Crippen molar-refractivity contribution >= 4 is 28.5 Å². The average Bonchev–Trinajstić information content (AvgIpc) is 3.83. The Hall–Kier alpha value is -5.22. The van der Waals surface area contributed by atoms with Gasteiger partial charge in [-0.1, -0.05) is 42.5 Å². The number of H-pyrrole nitrogens is 1. The summed E-state index contributed by atoms with van der Waals surface area (Å²) in [4.78, 5) is 28.8. The number of aromatic nitrogens is 6. The maximum atomic E-state index is 13.2. The molecule has 46 heavy (non-hydrogen) atoms. The fourth-order valence-corrected chi connectivity index (χ4v) is 6.40. The molecule has 0 radical (unpaired) electrons. The number of carbonyl (C=O) groups is 1. The van der Waals surface area contributed by atoms with Gasteiger partial charge in [-0.25, -0.2) is 14.3 Å². The van der Waals surface area contributed by atoms with E-state index in [0.717, 1.165) is 47.1 Å². The molecule has 2 atom stereocenters. The van der Waals surface area contributed by atoms with Gasteiger partial charge in [0.25, 0.3) is 0 Å². The van der Waals surface area contributed by atoms with E-state index in [4.69, 9.17) is 24.5 Å². The molecule has 0 aliphatic carbocycles. The summed E-state index contributed by atoms with van der Waals surface area (Å²) in [5.41, 5.74) is 4.45. The Bertz CT molecular complexity index is 1870. The quantitative estimate of drug-likeness (QED) is 0.259. The molecule has 13 nitrogen and oxygen atoms in total. The summed E-state index contributed by atoms with van der Waals surface area (Å²) in [6.45, 7) is 2.94. The predicted octanol–water partition coefficient (Wildman–Crippen LogP) is 3.81. The number of nitrogens with zero attached hydrogens (tertiary/aromatic N) is 9. The summed E-state index contributed by atoms with van der Waals surface area (Å²) in [6, 6.07) is 18.1. The van der Waals surface area contributed by atoms with Gasteiger partial charge in [0.05, 0.1) is 42.1 Å². The van der Waals surface area contributed by atoms with Gasteiger partial charge in [-0.3, -0.25) is 5.10 Å². The van der Waals surface area contributed by atoms with Crippen LogP contribution in [0.3, 0.4) is 0 Å². The van der Waals surface area contributed by atoms with Crippen LogP contribution in [0.1, 0.15) is 36.1 Å². The van der Waals surface area contributed by atoms with Crippen LogP contribution in [0.4, 0.5) is 10.6 Å². The SMILES string of the molecule is CN1CCC[C@H]1COc1nc(N2CCN(C(=O)OCc3ccccc3)[C@@H](CC#N)C2)c2ncc(Cc3cccc4[nH]ncc34)n2n1. The second kappa shape index (κ2) is 13.0. The van der Waals surface area contributed by atoms with Crippen LogP contribution in [-0.4, -0.2) is 97.6 Å². The highest BCUT2D eigenvalue weighted by Crippen LogP contribution is 2.28.